The van der Waals surface area contributed by atoms with Crippen molar-refractivity contribution < 1.29 is 14.6 Å². The molecule has 0 aromatic heterocycles. The molecule has 1 saturated carbocycles. The minimum atomic E-state index is -0.261. The number of fused-ring (bicyclic) bond motifs is 1. The highest BCUT2D eigenvalue weighted by atomic mass is 17.2. The van der Waals surface area contributed by atoms with Gasteiger partial charge in [0, 0.05) is 5.92 Å². The summed E-state index contributed by atoms with van der Waals surface area (Å²) >= 11 is 0. The van der Waals surface area contributed by atoms with E-state index in [0.717, 1.165) is 12.8 Å². The van der Waals surface area contributed by atoms with Gasteiger partial charge < -0.3 is 5.73 Å². The van der Waals surface area contributed by atoms with Gasteiger partial charge in [0.1, 0.15) is 6.10 Å². The van der Waals surface area contributed by atoms with Crippen molar-refractivity contribution in [1.29, 1.82) is 0 Å². The number of carbonyl (C=O) groups excluding carboxylic acids is 1. The highest BCUT2D eigenvalue weighted by Crippen LogP contribution is 2.37. The van der Waals surface area contributed by atoms with E-state index in [1.54, 1.807) is 0 Å². The van der Waals surface area contributed by atoms with Crippen LogP contribution in [0.15, 0.2) is 0 Å². The molecule has 0 aromatic rings. The van der Waals surface area contributed by atoms with Crippen LogP contribution in [0.1, 0.15) is 12.8 Å². The fourth-order valence-corrected chi connectivity index (χ4v) is 1.88. The zero-order valence-electron chi connectivity index (χ0n) is 6.16. The minimum Gasteiger partial charge on any atom is -0.369 e. The molecule has 1 heterocycles. The number of primary amides is 1. The molecule has 0 bridgehead atoms. The van der Waals surface area contributed by atoms with Gasteiger partial charge in [-0.3, -0.25) is 4.79 Å². The van der Waals surface area contributed by atoms with E-state index in [-0.39, 0.29) is 17.9 Å². The largest absolute Gasteiger partial charge is 0.369 e. The molecule has 62 valence electrons. The number of hydrogen-bond donors (Lipinski definition) is 1. The average molecular weight is 157 g/mol. The maximum atomic E-state index is 10.8. The third kappa shape index (κ3) is 1.02. The summed E-state index contributed by atoms with van der Waals surface area (Å²) in [6.07, 6.45) is 1.79. The van der Waals surface area contributed by atoms with Gasteiger partial charge in [-0.15, -0.1) is 0 Å². The lowest BCUT2D eigenvalue weighted by Crippen LogP contribution is -2.31. The van der Waals surface area contributed by atoms with E-state index in [9.17, 15) is 4.79 Å². The van der Waals surface area contributed by atoms with E-state index in [1.165, 1.54) is 0 Å². The van der Waals surface area contributed by atoms with Crippen molar-refractivity contribution in [2.24, 2.45) is 17.6 Å². The molecule has 3 atom stereocenters. The molecule has 2 aliphatic rings. The Hall–Kier alpha value is -0.610. The SMILES string of the molecule is NC(=O)C1CCC2COOC21. The van der Waals surface area contributed by atoms with E-state index < -0.39 is 0 Å². The predicted octanol–water partition coefficient (Wildman–Crippen LogP) is -0.172. The van der Waals surface area contributed by atoms with Gasteiger partial charge in [0.25, 0.3) is 0 Å². The zero-order valence-corrected chi connectivity index (χ0v) is 6.16. The Labute approximate surface area is 64.6 Å². The number of hydrogen-bond acceptors (Lipinski definition) is 3. The van der Waals surface area contributed by atoms with Crippen molar-refractivity contribution in [3.63, 3.8) is 0 Å². The molecule has 4 nitrogen and oxygen atoms in total. The Morgan fingerprint density at radius 2 is 2.27 bits per heavy atom. The Kier molecular flexibility index (Phi) is 1.58. The van der Waals surface area contributed by atoms with Gasteiger partial charge in [-0.2, -0.15) is 0 Å². The average Bonchev–Trinajstić information content (AvgIpc) is 2.41. The van der Waals surface area contributed by atoms with E-state index in [0.29, 0.717) is 12.5 Å². The van der Waals surface area contributed by atoms with Crippen molar-refractivity contribution in [1.82, 2.24) is 0 Å². The summed E-state index contributed by atoms with van der Waals surface area (Å²) in [5.74, 6) is 0.0120. The molecule has 11 heavy (non-hydrogen) atoms. The van der Waals surface area contributed by atoms with Crippen molar-refractivity contribution in [3.05, 3.63) is 0 Å². The molecule has 2 rings (SSSR count). The van der Waals surface area contributed by atoms with Crippen LogP contribution in [0.3, 0.4) is 0 Å². The van der Waals surface area contributed by atoms with Gasteiger partial charge in [0.15, 0.2) is 0 Å². The maximum absolute atomic E-state index is 10.8. The van der Waals surface area contributed by atoms with Crippen molar-refractivity contribution in [3.8, 4) is 0 Å². The highest BCUT2D eigenvalue weighted by molar-refractivity contribution is 5.77. The molecular formula is C7H11NO3. The summed E-state index contributed by atoms with van der Waals surface area (Å²) in [5.41, 5.74) is 5.18. The maximum Gasteiger partial charge on any atom is 0.223 e. The lowest BCUT2D eigenvalue weighted by Gasteiger charge is -2.10. The number of amides is 1. The second-order valence-electron chi connectivity index (χ2n) is 3.19. The molecule has 2 N–H and O–H groups in total. The molecule has 1 amide bonds. The highest BCUT2D eigenvalue weighted by Gasteiger charge is 2.44. The summed E-state index contributed by atoms with van der Waals surface area (Å²) in [4.78, 5) is 20.6. The minimum absolute atomic E-state index is 0.0625. The Bertz CT molecular complexity index is 183. The van der Waals surface area contributed by atoms with Crippen LogP contribution in [0.5, 0.6) is 0 Å². The fourth-order valence-electron chi connectivity index (χ4n) is 1.88. The second-order valence-corrected chi connectivity index (χ2v) is 3.19. The smallest absolute Gasteiger partial charge is 0.223 e. The van der Waals surface area contributed by atoms with Crippen LogP contribution < -0.4 is 5.73 Å². The first-order chi connectivity index (χ1) is 5.29. The third-order valence-corrected chi connectivity index (χ3v) is 2.54. The van der Waals surface area contributed by atoms with Crippen molar-refractivity contribution >= 4 is 5.91 Å². The normalized spacial score (nSPS) is 42.4. The molecule has 0 radical (unpaired) electrons. The molecule has 0 aromatic carbocycles. The number of nitrogens with two attached hydrogens (primary N) is 1. The van der Waals surface area contributed by atoms with Crippen LogP contribution in [0.2, 0.25) is 0 Å². The summed E-state index contributed by atoms with van der Waals surface area (Å²) in [6.45, 7) is 0.619. The summed E-state index contributed by atoms with van der Waals surface area (Å²) in [6, 6.07) is 0. The molecular weight excluding hydrogens is 146 g/mol. The van der Waals surface area contributed by atoms with Crippen molar-refractivity contribution in [2.75, 3.05) is 6.61 Å². The first-order valence-corrected chi connectivity index (χ1v) is 3.86. The summed E-state index contributed by atoms with van der Waals surface area (Å²) < 4.78 is 0. The second kappa shape index (κ2) is 2.46. The van der Waals surface area contributed by atoms with E-state index in [2.05, 4.69) is 0 Å². The Morgan fingerprint density at radius 3 is 3.00 bits per heavy atom. The van der Waals surface area contributed by atoms with Gasteiger partial charge in [-0.05, 0) is 12.8 Å². The van der Waals surface area contributed by atoms with Crippen LogP contribution >= 0.6 is 0 Å². The van der Waals surface area contributed by atoms with E-state index in [4.69, 9.17) is 15.5 Å². The van der Waals surface area contributed by atoms with Gasteiger partial charge in [-0.1, -0.05) is 0 Å². The monoisotopic (exact) mass is 157 g/mol. The molecule has 1 aliphatic carbocycles. The van der Waals surface area contributed by atoms with E-state index in [1.807, 2.05) is 0 Å². The van der Waals surface area contributed by atoms with Gasteiger partial charge in [-0.25, -0.2) is 9.78 Å². The molecule has 0 spiro atoms. The van der Waals surface area contributed by atoms with Crippen LogP contribution in [-0.4, -0.2) is 18.6 Å². The molecule has 1 aliphatic heterocycles. The van der Waals surface area contributed by atoms with Gasteiger partial charge in [0.05, 0.1) is 12.5 Å². The van der Waals surface area contributed by atoms with Crippen LogP contribution in [0.25, 0.3) is 0 Å². The third-order valence-electron chi connectivity index (χ3n) is 2.54. The summed E-state index contributed by atoms with van der Waals surface area (Å²) in [5, 5.41) is 0. The standard InChI is InChI=1S/C7H11NO3/c8-7(9)5-2-1-4-3-10-11-6(4)5/h4-6H,1-3H2,(H2,8,9). The lowest BCUT2D eigenvalue weighted by atomic mass is 10.0. The molecule has 2 fully saturated rings. The lowest BCUT2D eigenvalue weighted by molar-refractivity contribution is -0.280. The summed E-state index contributed by atoms with van der Waals surface area (Å²) in [7, 11) is 0. The fraction of sp³-hybridized carbons (Fsp3) is 0.857. The van der Waals surface area contributed by atoms with Gasteiger partial charge >= 0.3 is 0 Å². The molecule has 1 saturated heterocycles. The van der Waals surface area contributed by atoms with Gasteiger partial charge in [0.2, 0.25) is 5.91 Å². The Morgan fingerprint density at radius 1 is 1.45 bits per heavy atom. The topological polar surface area (TPSA) is 61.6 Å². The first-order valence-electron chi connectivity index (χ1n) is 3.86. The molecule has 4 heteroatoms. The quantitative estimate of drug-likeness (QED) is 0.537. The number of carbonyl (C=O) groups is 1. The van der Waals surface area contributed by atoms with Crippen LogP contribution in [0, 0.1) is 11.8 Å². The van der Waals surface area contributed by atoms with E-state index >= 15 is 0 Å². The first kappa shape index (κ1) is 7.06. The van der Waals surface area contributed by atoms with Crippen molar-refractivity contribution in [2.45, 2.75) is 18.9 Å². The zero-order chi connectivity index (χ0) is 7.84. The van der Waals surface area contributed by atoms with Crippen LogP contribution in [0.4, 0.5) is 0 Å². The van der Waals surface area contributed by atoms with Crippen LogP contribution in [-0.2, 0) is 14.6 Å². The molecule has 3 unspecified atom stereocenters. The Balaban J connectivity index is 2.08. The predicted molar refractivity (Wildman–Crippen MR) is 36.2 cm³/mol. The number of rotatable bonds is 1.